The molecule has 2 aliphatic rings. The average molecular weight is 310 g/mol. The van der Waals surface area contributed by atoms with E-state index in [1.54, 1.807) is 14.2 Å². The molecule has 1 aliphatic carbocycles. The van der Waals surface area contributed by atoms with Gasteiger partial charge in [0.25, 0.3) is 0 Å². The van der Waals surface area contributed by atoms with Gasteiger partial charge in [-0.3, -0.25) is 4.79 Å². The third-order valence-electron chi connectivity index (χ3n) is 4.46. The van der Waals surface area contributed by atoms with Gasteiger partial charge >= 0.3 is 5.97 Å². The lowest BCUT2D eigenvalue weighted by Gasteiger charge is -2.27. The lowest BCUT2D eigenvalue weighted by molar-refractivity contribution is -0.145. The molecule has 0 aromatic carbocycles. The molecule has 124 valence electrons. The Morgan fingerprint density at radius 3 is 2.32 bits per heavy atom. The van der Waals surface area contributed by atoms with Crippen molar-refractivity contribution >= 4 is 17.8 Å². The standard InChI is InChI=1S/C16H26N2O4/c1-7-22-16(19)11-9(4)10(11)13-15(21-6)17-12(8(2)3)14(18-13)20-5/h8-13H,7H2,1-6H3/t9-,10-,11-,12+,13-/m0/s1. The van der Waals surface area contributed by atoms with Crippen molar-refractivity contribution in [3.8, 4) is 0 Å². The Labute approximate surface area is 131 Å². The normalized spacial score (nSPS) is 33.9. The average Bonchev–Trinajstić information content (AvgIpc) is 3.17. The fourth-order valence-electron chi connectivity index (χ4n) is 3.16. The zero-order valence-corrected chi connectivity index (χ0v) is 14.2. The zero-order valence-electron chi connectivity index (χ0n) is 14.2. The fraction of sp³-hybridized carbons (Fsp3) is 0.812. The number of rotatable bonds is 4. The minimum absolute atomic E-state index is 0.0658. The Kier molecular flexibility index (Phi) is 5.08. The number of hydrogen-bond acceptors (Lipinski definition) is 6. The molecule has 0 saturated heterocycles. The van der Waals surface area contributed by atoms with Crippen LogP contribution in [-0.4, -0.2) is 50.7 Å². The summed E-state index contributed by atoms with van der Waals surface area (Å²) < 4.78 is 16.0. The predicted octanol–water partition coefficient (Wildman–Crippen LogP) is 1.93. The van der Waals surface area contributed by atoms with E-state index >= 15 is 0 Å². The van der Waals surface area contributed by atoms with Crippen molar-refractivity contribution in [3.63, 3.8) is 0 Å². The second-order valence-corrected chi connectivity index (χ2v) is 6.19. The Morgan fingerprint density at radius 2 is 1.82 bits per heavy atom. The van der Waals surface area contributed by atoms with Gasteiger partial charge in [-0.15, -0.1) is 0 Å². The van der Waals surface area contributed by atoms with Crippen LogP contribution < -0.4 is 0 Å². The van der Waals surface area contributed by atoms with Crippen molar-refractivity contribution in [3.05, 3.63) is 0 Å². The number of ether oxygens (including phenoxy) is 3. The molecule has 0 radical (unpaired) electrons. The van der Waals surface area contributed by atoms with E-state index in [0.29, 0.717) is 18.4 Å². The topological polar surface area (TPSA) is 69.5 Å². The summed E-state index contributed by atoms with van der Waals surface area (Å²) in [5, 5.41) is 0. The summed E-state index contributed by atoms with van der Waals surface area (Å²) in [4.78, 5) is 21.4. The fourth-order valence-corrected chi connectivity index (χ4v) is 3.16. The van der Waals surface area contributed by atoms with E-state index in [4.69, 9.17) is 19.2 Å². The molecule has 0 aromatic rings. The van der Waals surface area contributed by atoms with Crippen molar-refractivity contribution in [1.82, 2.24) is 0 Å². The van der Waals surface area contributed by atoms with Crippen LogP contribution >= 0.6 is 0 Å². The largest absolute Gasteiger partial charge is 0.483 e. The van der Waals surface area contributed by atoms with Gasteiger partial charge in [-0.1, -0.05) is 20.8 Å². The van der Waals surface area contributed by atoms with E-state index in [-0.39, 0.29) is 41.7 Å². The van der Waals surface area contributed by atoms with Gasteiger partial charge in [0, 0.05) is 5.92 Å². The highest BCUT2D eigenvalue weighted by atomic mass is 16.5. The molecule has 1 saturated carbocycles. The van der Waals surface area contributed by atoms with Gasteiger partial charge in [0.1, 0.15) is 12.1 Å². The minimum atomic E-state index is -0.264. The van der Waals surface area contributed by atoms with E-state index in [1.807, 2.05) is 13.8 Å². The van der Waals surface area contributed by atoms with Crippen LogP contribution in [-0.2, 0) is 19.0 Å². The van der Waals surface area contributed by atoms with Crippen LogP contribution in [0.5, 0.6) is 0 Å². The molecule has 6 nitrogen and oxygen atoms in total. The Hall–Kier alpha value is -1.59. The number of aliphatic imine (C=N–C) groups is 2. The van der Waals surface area contributed by atoms with E-state index in [1.165, 1.54) is 0 Å². The first-order valence-electron chi connectivity index (χ1n) is 7.86. The van der Waals surface area contributed by atoms with Crippen LogP contribution in [0.3, 0.4) is 0 Å². The van der Waals surface area contributed by atoms with Gasteiger partial charge in [-0.2, -0.15) is 0 Å². The number of nitrogens with zero attached hydrogens (tertiary/aromatic N) is 2. The first kappa shape index (κ1) is 16.8. The van der Waals surface area contributed by atoms with Gasteiger partial charge in [0.2, 0.25) is 11.8 Å². The maximum atomic E-state index is 12.0. The molecule has 6 heteroatoms. The molecule has 0 aromatic heterocycles. The Bertz CT molecular complexity index is 487. The van der Waals surface area contributed by atoms with Gasteiger partial charge in [0.15, 0.2) is 0 Å². The van der Waals surface area contributed by atoms with E-state index in [0.717, 1.165) is 0 Å². The highest BCUT2D eigenvalue weighted by molar-refractivity contribution is 5.95. The molecule has 0 spiro atoms. The quantitative estimate of drug-likeness (QED) is 0.744. The summed E-state index contributed by atoms with van der Waals surface area (Å²) in [6.07, 6.45) is 0. The summed E-state index contributed by atoms with van der Waals surface area (Å²) >= 11 is 0. The van der Waals surface area contributed by atoms with Crippen molar-refractivity contribution in [2.75, 3.05) is 20.8 Å². The van der Waals surface area contributed by atoms with E-state index < -0.39 is 0 Å². The van der Waals surface area contributed by atoms with Gasteiger partial charge in [-0.05, 0) is 18.8 Å². The van der Waals surface area contributed by atoms with E-state index in [9.17, 15) is 4.79 Å². The van der Waals surface area contributed by atoms with Crippen LogP contribution in [0.1, 0.15) is 27.7 Å². The zero-order chi connectivity index (χ0) is 16.4. The maximum absolute atomic E-state index is 12.0. The molecule has 22 heavy (non-hydrogen) atoms. The van der Waals surface area contributed by atoms with Crippen molar-refractivity contribution in [2.24, 2.45) is 33.7 Å². The SMILES string of the molecule is CCOC(=O)[C@H]1[C@@H](C)[C@@H]1[C@@H]1N=C(OC)[C@@H](C(C)C)N=C1OC. The number of esters is 1. The Balaban J connectivity index is 2.22. The lowest BCUT2D eigenvalue weighted by atomic mass is 10.0. The molecule has 1 heterocycles. The summed E-state index contributed by atoms with van der Waals surface area (Å²) in [6.45, 7) is 8.38. The van der Waals surface area contributed by atoms with Gasteiger partial charge in [0.05, 0.1) is 26.7 Å². The van der Waals surface area contributed by atoms with Gasteiger partial charge in [-0.25, -0.2) is 9.98 Å². The van der Waals surface area contributed by atoms with Crippen LogP contribution in [0.15, 0.2) is 9.98 Å². The molecule has 2 rings (SSSR count). The number of hydrogen-bond donors (Lipinski definition) is 0. The molecule has 1 aliphatic heterocycles. The molecule has 0 amide bonds. The number of methoxy groups -OCH3 is 2. The first-order valence-corrected chi connectivity index (χ1v) is 7.86. The third kappa shape index (κ3) is 2.96. The summed E-state index contributed by atoms with van der Waals surface area (Å²) in [5.74, 6) is 1.45. The van der Waals surface area contributed by atoms with Crippen molar-refractivity contribution in [1.29, 1.82) is 0 Å². The highest BCUT2D eigenvalue weighted by Crippen LogP contribution is 2.51. The highest BCUT2D eigenvalue weighted by Gasteiger charge is 2.59. The molecule has 0 unspecified atom stereocenters. The smallest absolute Gasteiger partial charge is 0.309 e. The van der Waals surface area contributed by atoms with Crippen LogP contribution in [0, 0.1) is 23.7 Å². The summed E-state index contributed by atoms with van der Waals surface area (Å²) in [7, 11) is 3.21. The van der Waals surface area contributed by atoms with Crippen LogP contribution in [0.25, 0.3) is 0 Å². The van der Waals surface area contributed by atoms with Crippen molar-refractivity contribution in [2.45, 2.75) is 39.8 Å². The predicted molar refractivity (Wildman–Crippen MR) is 84.1 cm³/mol. The molecular formula is C16H26N2O4. The lowest BCUT2D eigenvalue weighted by Crippen LogP contribution is -2.39. The molecule has 1 fully saturated rings. The molecule has 5 atom stereocenters. The van der Waals surface area contributed by atoms with E-state index in [2.05, 4.69) is 18.8 Å². The minimum Gasteiger partial charge on any atom is -0.483 e. The van der Waals surface area contributed by atoms with Crippen LogP contribution in [0.4, 0.5) is 0 Å². The van der Waals surface area contributed by atoms with Gasteiger partial charge < -0.3 is 14.2 Å². The maximum Gasteiger partial charge on any atom is 0.309 e. The first-order chi connectivity index (χ1) is 10.5. The monoisotopic (exact) mass is 310 g/mol. The summed E-state index contributed by atoms with van der Waals surface area (Å²) in [5.41, 5.74) is 0. The molecule has 0 N–H and O–H groups in total. The molecular weight excluding hydrogens is 284 g/mol. The van der Waals surface area contributed by atoms with Crippen LogP contribution in [0.2, 0.25) is 0 Å². The summed E-state index contributed by atoms with van der Waals surface area (Å²) in [6, 6.07) is -0.398. The Morgan fingerprint density at radius 1 is 1.18 bits per heavy atom. The third-order valence-corrected chi connectivity index (χ3v) is 4.46. The second kappa shape index (κ2) is 6.67. The molecule has 0 bridgehead atoms. The number of carbonyl (C=O) groups excluding carboxylic acids is 1. The number of carbonyl (C=O) groups is 1. The van der Waals surface area contributed by atoms with Crippen molar-refractivity contribution < 1.29 is 19.0 Å². The second-order valence-electron chi connectivity index (χ2n) is 6.19.